The van der Waals surface area contributed by atoms with Gasteiger partial charge in [0.1, 0.15) is 24.6 Å². The van der Waals surface area contributed by atoms with Crippen LogP contribution in [0.2, 0.25) is 0 Å². The lowest BCUT2D eigenvalue weighted by molar-refractivity contribution is -0.0467. The third kappa shape index (κ3) is 4.56. The average Bonchev–Trinajstić information content (AvgIpc) is 3.15. The molecule has 5 N–H and O–H groups in total. The van der Waals surface area contributed by atoms with E-state index < -0.39 is 41.5 Å². The fourth-order valence-corrected chi connectivity index (χ4v) is 3.23. The number of nitrogens with zero attached hydrogens (tertiary/aromatic N) is 4. The molecule has 0 radical (unpaired) electrons. The first-order chi connectivity index (χ1) is 13.2. The summed E-state index contributed by atoms with van der Waals surface area (Å²) in [6.45, 7) is 4.42. The van der Waals surface area contributed by atoms with Crippen molar-refractivity contribution in [2.45, 2.75) is 44.8 Å². The molecule has 0 aliphatic carbocycles. The average molecular weight is 416 g/mol. The van der Waals surface area contributed by atoms with E-state index in [1.54, 1.807) is 0 Å². The summed E-state index contributed by atoms with van der Waals surface area (Å²) in [7, 11) is -4.20. The number of aliphatic hydroxyl groups excluding tert-OH is 2. The highest BCUT2D eigenvalue weighted by Gasteiger charge is 2.44. The molecular weight excluding hydrogens is 392 g/mol. The standard InChI is InChI=1S/C15H24N6O6S/c1-8(2)3-4-17-13-10-14(19-6-18-13)21(7-20-10)15-12(23)11(22)9(27-15)5-26-28(16,24)25/h6-9,11-12,15,22-23H,3-5H2,1-2H3,(H2,16,24,25)(H,17,18,19)/t9-,11-,12-,15-/m1/s1. The maximum Gasteiger partial charge on any atom is 0.333 e. The zero-order chi connectivity index (χ0) is 20.5. The lowest BCUT2D eigenvalue weighted by atomic mass is 10.1. The Balaban J connectivity index is 1.79. The predicted octanol–water partition coefficient (Wildman–Crippen LogP) is -0.876. The summed E-state index contributed by atoms with van der Waals surface area (Å²) in [5.74, 6) is 1.08. The van der Waals surface area contributed by atoms with E-state index in [2.05, 4.69) is 38.3 Å². The maximum absolute atomic E-state index is 10.9. The Morgan fingerprint density at radius 1 is 1.32 bits per heavy atom. The zero-order valence-electron chi connectivity index (χ0n) is 15.5. The summed E-state index contributed by atoms with van der Waals surface area (Å²) in [5, 5.41) is 28.5. The van der Waals surface area contributed by atoms with Gasteiger partial charge in [0.2, 0.25) is 0 Å². The Morgan fingerprint density at radius 2 is 2.07 bits per heavy atom. The van der Waals surface area contributed by atoms with Crippen LogP contribution >= 0.6 is 0 Å². The van der Waals surface area contributed by atoms with Crippen LogP contribution in [0.5, 0.6) is 0 Å². The van der Waals surface area contributed by atoms with Crippen LogP contribution in [0.25, 0.3) is 11.2 Å². The van der Waals surface area contributed by atoms with E-state index in [-0.39, 0.29) is 0 Å². The van der Waals surface area contributed by atoms with Crippen molar-refractivity contribution < 1.29 is 27.6 Å². The van der Waals surface area contributed by atoms with E-state index in [1.807, 2.05) is 0 Å². The number of aliphatic hydroxyl groups is 2. The highest BCUT2D eigenvalue weighted by atomic mass is 32.2. The monoisotopic (exact) mass is 416 g/mol. The second-order valence-electron chi connectivity index (χ2n) is 6.98. The minimum atomic E-state index is -4.20. The lowest BCUT2D eigenvalue weighted by Crippen LogP contribution is -2.35. The van der Waals surface area contributed by atoms with Crippen molar-refractivity contribution in [2.75, 3.05) is 18.5 Å². The first-order valence-electron chi connectivity index (χ1n) is 8.77. The van der Waals surface area contributed by atoms with E-state index >= 15 is 0 Å². The minimum absolute atomic E-state index is 0.395. The van der Waals surface area contributed by atoms with Gasteiger partial charge in [-0.05, 0) is 12.3 Å². The van der Waals surface area contributed by atoms with Crippen LogP contribution in [-0.4, -0.2) is 69.6 Å². The van der Waals surface area contributed by atoms with Crippen molar-refractivity contribution in [3.63, 3.8) is 0 Å². The molecule has 0 bridgehead atoms. The molecule has 3 heterocycles. The van der Waals surface area contributed by atoms with Crippen LogP contribution in [0.3, 0.4) is 0 Å². The van der Waals surface area contributed by atoms with Crippen molar-refractivity contribution in [2.24, 2.45) is 11.1 Å². The van der Waals surface area contributed by atoms with Gasteiger partial charge in [-0.15, -0.1) is 0 Å². The second kappa shape index (κ2) is 8.23. The molecule has 0 unspecified atom stereocenters. The summed E-state index contributed by atoms with van der Waals surface area (Å²) in [6, 6.07) is 0. The van der Waals surface area contributed by atoms with E-state index in [0.29, 0.717) is 29.4 Å². The van der Waals surface area contributed by atoms with E-state index in [9.17, 15) is 18.6 Å². The van der Waals surface area contributed by atoms with Crippen LogP contribution in [0.4, 0.5) is 5.82 Å². The Labute approximate surface area is 162 Å². The number of fused-ring (bicyclic) bond motifs is 1. The van der Waals surface area contributed by atoms with Gasteiger partial charge in [0.05, 0.1) is 12.9 Å². The molecule has 1 aliphatic rings. The summed E-state index contributed by atoms with van der Waals surface area (Å²) >= 11 is 0. The predicted molar refractivity (Wildman–Crippen MR) is 98.3 cm³/mol. The van der Waals surface area contributed by atoms with Gasteiger partial charge in [0, 0.05) is 6.54 Å². The number of nitrogens with one attached hydrogen (secondary N) is 1. The quantitative estimate of drug-likeness (QED) is 0.423. The Hall–Kier alpha value is -1.90. The third-order valence-corrected chi connectivity index (χ3v) is 4.85. The fraction of sp³-hybridized carbons (Fsp3) is 0.667. The second-order valence-corrected chi connectivity index (χ2v) is 8.20. The number of nitrogens with two attached hydrogens (primary N) is 1. The van der Waals surface area contributed by atoms with E-state index in [0.717, 1.165) is 6.42 Å². The SMILES string of the molecule is CC(C)CCNc1ncnc2c1ncn2[C@@H]1O[C@H](COS(N)(=O)=O)[C@@H](O)[C@H]1O. The summed E-state index contributed by atoms with van der Waals surface area (Å²) in [6.07, 6.45) is -1.13. The number of rotatable bonds is 8. The molecule has 1 fully saturated rings. The van der Waals surface area contributed by atoms with Crippen molar-refractivity contribution in [1.82, 2.24) is 19.5 Å². The van der Waals surface area contributed by atoms with Gasteiger partial charge in [0.15, 0.2) is 23.2 Å². The molecule has 1 aliphatic heterocycles. The molecule has 0 amide bonds. The summed E-state index contributed by atoms with van der Waals surface area (Å²) in [4.78, 5) is 12.7. The molecule has 2 aromatic heterocycles. The van der Waals surface area contributed by atoms with Gasteiger partial charge >= 0.3 is 10.3 Å². The Bertz CT molecular complexity index is 919. The van der Waals surface area contributed by atoms with Gasteiger partial charge < -0.3 is 20.3 Å². The first-order valence-corrected chi connectivity index (χ1v) is 10.2. The highest BCUT2D eigenvalue weighted by Crippen LogP contribution is 2.32. The van der Waals surface area contributed by atoms with Gasteiger partial charge in [-0.3, -0.25) is 8.75 Å². The third-order valence-electron chi connectivity index (χ3n) is 4.38. The van der Waals surface area contributed by atoms with Gasteiger partial charge in [-0.25, -0.2) is 20.1 Å². The molecule has 1 saturated heterocycles. The van der Waals surface area contributed by atoms with Gasteiger partial charge in [-0.2, -0.15) is 8.42 Å². The minimum Gasteiger partial charge on any atom is -0.387 e. The molecule has 0 aromatic carbocycles. The molecule has 3 rings (SSSR count). The summed E-state index contributed by atoms with van der Waals surface area (Å²) in [5.41, 5.74) is 0.882. The van der Waals surface area contributed by atoms with Crippen molar-refractivity contribution in [3.05, 3.63) is 12.7 Å². The number of aromatic nitrogens is 4. The number of imidazole rings is 1. The molecule has 0 saturated carbocycles. The number of anilines is 1. The van der Waals surface area contributed by atoms with E-state index in [4.69, 9.17) is 9.88 Å². The van der Waals surface area contributed by atoms with Crippen LogP contribution in [-0.2, 0) is 19.2 Å². The Kier molecular flexibility index (Phi) is 6.12. The maximum atomic E-state index is 10.9. The smallest absolute Gasteiger partial charge is 0.333 e. The topological polar surface area (TPSA) is 175 Å². The zero-order valence-corrected chi connectivity index (χ0v) is 16.3. The fourth-order valence-electron chi connectivity index (χ4n) is 2.91. The normalized spacial score (nSPS) is 25.6. The Morgan fingerprint density at radius 3 is 2.75 bits per heavy atom. The van der Waals surface area contributed by atoms with Crippen molar-refractivity contribution in [3.8, 4) is 0 Å². The van der Waals surface area contributed by atoms with Crippen molar-refractivity contribution >= 4 is 27.3 Å². The molecule has 4 atom stereocenters. The number of hydrogen-bond acceptors (Lipinski definition) is 10. The molecule has 12 nitrogen and oxygen atoms in total. The molecule has 28 heavy (non-hydrogen) atoms. The van der Waals surface area contributed by atoms with Crippen LogP contribution in [0.1, 0.15) is 26.5 Å². The number of ether oxygens (including phenoxy) is 1. The molecule has 0 spiro atoms. The highest BCUT2D eigenvalue weighted by molar-refractivity contribution is 7.84. The lowest BCUT2D eigenvalue weighted by Gasteiger charge is -2.16. The van der Waals surface area contributed by atoms with Crippen LogP contribution in [0, 0.1) is 5.92 Å². The molecule has 2 aromatic rings. The number of hydrogen-bond donors (Lipinski definition) is 4. The van der Waals surface area contributed by atoms with Gasteiger partial charge in [-0.1, -0.05) is 13.8 Å². The van der Waals surface area contributed by atoms with Crippen LogP contribution in [0.15, 0.2) is 12.7 Å². The molecular formula is C15H24N6O6S. The largest absolute Gasteiger partial charge is 0.387 e. The van der Waals surface area contributed by atoms with Crippen LogP contribution < -0.4 is 10.5 Å². The molecule has 156 valence electrons. The molecule has 13 heteroatoms. The van der Waals surface area contributed by atoms with Crippen molar-refractivity contribution in [1.29, 1.82) is 0 Å². The first kappa shape index (κ1) is 20.8. The van der Waals surface area contributed by atoms with Gasteiger partial charge in [0.25, 0.3) is 0 Å². The van der Waals surface area contributed by atoms with E-state index in [1.165, 1.54) is 17.2 Å². The summed E-state index contributed by atoms with van der Waals surface area (Å²) < 4.78 is 33.4.